The van der Waals surface area contributed by atoms with Gasteiger partial charge in [-0.15, -0.1) is 0 Å². The average Bonchev–Trinajstić information content (AvgIpc) is 3.17. The quantitative estimate of drug-likeness (QED) is 0.329. The Labute approximate surface area is 222 Å². The second-order valence-electron chi connectivity index (χ2n) is 8.58. The first-order valence-corrected chi connectivity index (χ1v) is 12.9. The SMILES string of the molecule is CCCOc1ccc(NC(=O)CC2SC(=Nc3ccc(C(F)(F)F)cc3)N(Cc3ccccc3)C2=O)cc1. The summed E-state index contributed by atoms with van der Waals surface area (Å²) in [6.07, 6.45) is -3.66. The predicted octanol–water partition coefficient (Wildman–Crippen LogP) is 6.65. The highest BCUT2D eigenvalue weighted by molar-refractivity contribution is 8.15. The summed E-state index contributed by atoms with van der Waals surface area (Å²) in [4.78, 5) is 32.0. The molecule has 2 amide bonds. The predicted molar refractivity (Wildman–Crippen MR) is 142 cm³/mol. The van der Waals surface area contributed by atoms with Crippen molar-refractivity contribution in [2.75, 3.05) is 11.9 Å². The highest BCUT2D eigenvalue weighted by Crippen LogP contribution is 2.34. The number of alkyl halides is 3. The van der Waals surface area contributed by atoms with Crippen molar-refractivity contribution in [1.82, 2.24) is 4.90 Å². The number of ether oxygens (including phenoxy) is 1. The summed E-state index contributed by atoms with van der Waals surface area (Å²) in [5, 5.41) is 2.40. The summed E-state index contributed by atoms with van der Waals surface area (Å²) >= 11 is 1.12. The van der Waals surface area contributed by atoms with Crippen molar-refractivity contribution in [3.8, 4) is 5.75 Å². The fraction of sp³-hybridized carbons (Fsp3) is 0.250. The van der Waals surface area contributed by atoms with Crippen LogP contribution in [-0.2, 0) is 22.3 Å². The Bertz CT molecular complexity index is 1280. The summed E-state index contributed by atoms with van der Waals surface area (Å²) in [6, 6.07) is 20.7. The molecule has 3 aromatic carbocycles. The van der Waals surface area contributed by atoms with Crippen LogP contribution in [0.15, 0.2) is 83.9 Å². The molecule has 1 heterocycles. The van der Waals surface area contributed by atoms with Gasteiger partial charge < -0.3 is 10.1 Å². The first-order chi connectivity index (χ1) is 18.2. The molecule has 0 bridgehead atoms. The maximum atomic E-state index is 13.3. The van der Waals surface area contributed by atoms with Gasteiger partial charge in [-0.25, -0.2) is 4.99 Å². The van der Waals surface area contributed by atoms with E-state index in [0.29, 0.717) is 23.2 Å². The molecule has 0 aromatic heterocycles. The minimum Gasteiger partial charge on any atom is -0.494 e. The third-order valence-corrected chi connectivity index (χ3v) is 6.78. The van der Waals surface area contributed by atoms with E-state index in [9.17, 15) is 22.8 Å². The van der Waals surface area contributed by atoms with E-state index in [0.717, 1.165) is 35.9 Å². The largest absolute Gasteiger partial charge is 0.494 e. The average molecular weight is 542 g/mol. The lowest BCUT2D eigenvalue weighted by Gasteiger charge is -2.16. The Hall–Kier alpha value is -3.79. The van der Waals surface area contributed by atoms with Crippen LogP contribution in [-0.4, -0.2) is 33.7 Å². The summed E-state index contributed by atoms with van der Waals surface area (Å²) in [5.74, 6) is 0.0727. The van der Waals surface area contributed by atoms with Crippen molar-refractivity contribution in [2.45, 2.75) is 37.7 Å². The van der Waals surface area contributed by atoms with Gasteiger partial charge in [0.15, 0.2) is 5.17 Å². The van der Waals surface area contributed by atoms with E-state index in [-0.39, 0.29) is 30.5 Å². The lowest BCUT2D eigenvalue weighted by molar-refractivity contribution is -0.137. The molecule has 10 heteroatoms. The van der Waals surface area contributed by atoms with Crippen molar-refractivity contribution in [2.24, 2.45) is 4.99 Å². The zero-order valence-corrected chi connectivity index (χ0v) is 21.4. The number of halogens is 3. The normalized spacial score (nSPS) is 16.6. The number of anilines is 1. The van der Waals surface area contributed by atoms with Gasteiger partial charge >= 0.3 is 6.18 Å². The maximum absolute atomic E-state index is 13.3. The summed E-state index contributed by atoms with van der Waals surface area (Å²) in [5.41, 5.74) is 0.935. The van der Waals surface area contributed by atoms with E-state index >= 15 is 0 Å². The van der Waals surface area contributed by atoms with Crippen molar-refractivity contribution in [3.05, 3.63) is 90.0 Å². The van der Waals surface area contributed by atoms with E-state index < -0.39 is 17.0 Å². The van der Waals surface area contributed by atoms with Crippen molar-refractivity contribution in [1.29, 1.82) is 0 Å². The Kier molecular flexibility index (Phi) is 8.73. The Morgan fingerprint density at radius 3 is 2.34 bits per heavy atom. The minimum absolute atomic E-state index is 0.0884. The molecule has 1 aliphatic rings. The number of nitrogens with zero attached hydrogens (tertiary/aromatic N) is 2. The standard InChI is InChI=1S/C28H26F3N3O3S/c1-2-16-37-23-14-12-21(13-15-23)32-25(35)17-24-26(36)34(18-19-6-4-3-5-7-19)27(38-24)33-22-10-8-20(9-11-22)28(29,30)31/h3-15,24H,2,16-18H2,1H3,(H,32,35). The lowest BCUT2D eigenvalue weighted by atomic mass is 10.2. The third kappa shape index (κ3) is 7.16. The molecule has 1 saturated heterocycles. The monoisotopic (exact) mass is 541 g/mol. The number of hydrogen-bond acceptors (Lipinski definition) is 5. The highest BCUT2D eigenvalue weighted by atomic mass is 32.2. The van der Waals surface area contributed by atoms with Gasteiger partial charge in [-0.3, -0.25) is 14.5 Å². The number of rotatable bonds is 9. The first kappa shape index (κ1) is 27.3. The number of thioether (sulfide) groups is 1. The van der Waals surface area contributed by atoms with E-state index in [1.165, 1.54) is 17.0 Å². The van der Waals surface area contributed by atoms with Crippen LogP contribution in [0.3, 0.4) is 0 Å². The lowest BCUT2D eigenvalue weighted by Crippen LogP contribution is -2.33. The van der Waals surface area contributed by atoms with Gasteiger partial charge in [0.05, 0.1) is 24.4 Å². The number of benzene rings is 3. The van der Waals surface area contributed by atoms with Crippen molar-refractivity contribution >= 4 is 40.1 Å². The fourth-order valence-electron chi connectivity index (χ4n) is 3.71. The molecule has 1 aliphatic heterocycles. The maximum Gasteiger partial charge on any atom is 0.416 e. The smallest absolute Gasteiger partial charge is 0.416 e. The minimum atomic E-state index is -4.45. The van der Waals surface area contributed by atoms with Gasteiger partial charge in [0.2, 0.25) is 11.8 Å². The molecule has 198 valence electrons. The van der Waals surface area contributed by atoms with E-state index in [4.69, 9.17) is 4.74 Å². The van der Waals surface area contributed by atoms with Gasteiger partial charge in [-0.1, -0.05) is 49.0 Å². The van der Waals surface area contributed by atoms with Gasteiger partial charge in [0.1, 0.15) is 11.0 Å². The van der Waals surface area contributed by atoms with E-state index in [1.807, 2.05) is 37.3 Å². The summed E-state index contributed by atoms with van der Waals surface area (Å²) < 4.78 is 44.4. The molecule has 3 aromatic rings. The molecule has 0 saturated carbocycles. The number of nitrogens with one attached hydrogen (secondary N) is 1. The van der Waals surface area contributed by atoms with Crippen molar-refractivity contribution < 1.29 is 27.5 Å². The second-order valence-corrected chi connectivity index (χ2v) is 9.75. The number of carbonyl (C=O) groups is 2. The Morgan fingerprint density at radius 1 is 1.03 bits per heavy atom. The van der Waals surface area contributed by atoms with E-state index in [1.54, 1.807) is 24.3 Å². The van der Waals surface area contributed by atoms with Crippen LogP contribution in [0.2, 0.25) is 0 Å². The van der Waals surface area contributed by atoms with Gasteiger partial charge in [0.25, 0.3) is 0 Å². The Balaban J connectivity index is 1.49. The van der Waals surface area contributed by atoms with Crippen LogP contribution in [0.1, 0.15) is 30.9 Å². The molecule has 1 N–H and O–H groups in total. The molecule has 1 unspecified atom stereocenters. The zero-order chi connectivity index (χ0) is 27.1. The molecule has 4 rings (SSSR count). The third-order valence-electron chi connectivity index (χ3n) is 5.60. The van der Waals surface area contributed by atoms with Crippen LogP contribution in [0, 0.1) is 0 Å². The fourth-order valence-corrected chi connectivity index (χ4v) is 4.86. The van der Waals surface area contributed by atoms with Gasteiger partial charge in [0, 0.05) is 12.1 Å². The molecular weight excluding hydrogens is 515 g/mol. The van der Waals surface area contributed by atoms with Crippen LogP contribution < -0.4 is 10.1 Å². The molecule has 0 spiro atoms. The second kappa shape index (κ2) is 12.2. The molecular formula is C28H26F3N3O3S. The summed E-state index contributed by atoms with van der Waals surface area (Å²) in [7, 11) is 0. The zero-order valence-electron chi connectivity index (χ0n) is 20.6. The van der Waals surface area contributed by atoms with Crippen LogP contribution in [0.4, 0.5) is 24.5 Å². The number of hydrogen-bond donors (Lipinski definition) is 1. The number of amides is 2. The number of amidine groups is 1. The Morgan fingerprint density at radius 2 is 1.71 bits per heavy atom. The summed E-state index contributed by atoms with van der Waals surface area (Å²) in [6.45, 7) is 2.84. The molecule has 38 heavy (non-hydrogen) atoms. The van der Waals surface area contributed by atoms with Gasteiger partial charge in [-0.05, 0) is 60.5 Å². The molecule has 0 aliphatic carbocycles. The molecule has 1 atom stereocenters. The molecule has 0 radical (unpaired) electrons. The highest BCUT2D eigenvalue weighted by Gasteiger charge is 2.39. The number of aliphatic imine (C=N–C) groups is 1. The van der Waals surface area contributed by atoms with Gasteiger partial charge in [-0.2, -0.15) is 13.2 Å². The number of carbonyl (C=O) groups excluding carboxylic acids is 2. The van der Waals surface area contributed by atoms with Crippen LogP contribution in [0.25, 0.3) is 0 Å². The molecule has 6 nitrogen and oxygen atoms in total. The van der Waals surface area contributed by atoms with Crippen LogP contribution >= 0.6 is 11.8 Å². The van der Waals surface area contributed by atoms with Crippen LogP contribution in [0.5, 0.6) is 5.75 Å². The van der Waals surface area contributed by atoms with E-state index in [2.05, 4.69) is 10.3 Å². The topological polar surface area (TPSA) is 71.0 Å². The molecule has 1 fully saturated rings. The van der Waals surface area contributed by atoms with Crippen molar-refractivity contribution in [3.63, 3.8) is 0 Å². The first-order valence-electron chi connectivity index (χ1n) is 12.0.